The summed E-state index contributed by atoms with van der Waals surface area (Å²) < 4.78 is 33.2. The van der Waals surface area contributed by atoms with Crippen LogP contribution >= 0.6 is 0 Å². The fourth-order valence-corrected chi connectivity index (χ4v) is 5.12. The van der Waals surface area contributed by atoms with Gasteiger partial charge >= 0.3 is 0 Å². The van der Waals surface area contributed by atoms with Gasteiger partial charge in [-0.25, -0.2) is 8.42 Å². The number of aryl methyl sites for hydroxylation is 2. The molecular weight excluding hydrogens is 402 g/mol. The number of anilines is 1. The van der Waals surface area contributed by atoms with E-state index < -0.39 is 10.0 Å². The largest absolute Gasteiger partial charge is 0.495 e. The van der Waals surface area contributed by atoms with E-state index in [0.29, 0.717) is 24.4 Å². The first-order valence-electron chi connectivity index (χ1n) is 9.87. The Morgan fingerprint density at radius 2 is 1.53 bits per heavy atom. The summed E-state index contributed by atoms with van der Waals surface area (Å²) in [7, 11) is 1.66. The molecule has 7 nitrogen and oxygen atoms in total. The van der Waals surface area contributed by atoms with Crippen molar-refractivity contribution in [1.82, 2.24) is 9.21 Å². The number of methoxy groups -OCH3 is 1. The number of nitrogens with zero attached hydrogens (tertiary/aromatic N) is 3. The number of hydrogen-bond acceptors (Lipinski definition) is 5. The molecule has 1 aliphatic rings. The highest BCUT2D eigenvalue weighted by Gasteiger charge is 2.32. The second-order valence-electron chi connectivity index (χ2n) is 7.72. The summed E-state index contributed by atoms with van der Waals surface area (Å²) in [5, 5.41) is 0. The van der Waals surface area contributed by atoms with Gasteiger partial charge in [0.15, 0.2) is 0 Å². The number of benzene rings is 2. The third-order valence-corrected chi connectivity index (χ3v) is 7.47. The van der Waals surface area contributed by atoms with Crippen LogP contribution in [0, 0.1) is 13.8 Å². The van der Waals surface area contributed by atoms with Gasteiger partial charge in [0.25, 0.3) is 5.91 Å². The molecule has 0 unspecified atom stereocenters. The molecule has 0 aromatic heterocycles. The normalized spacial score (nSPS) is 15.2. The van der Waals surface area contributed by atoms with Gasteiger partial charge < -0.3 is 14.5 Å². The average Bonchev–Trinajstić information content (AvgIpc) is 2.74. The van der Waals surface area contributed by atoms with E-state index in [1.165, 1.54) is 11.4 Å². The lowest BCUT2D eigenvalue weighted by Crippen LogP contribution is -2.50. The third kappa shape index (κ3) is 4.29. The fourth-order valence-electron chi connectivity index (χ4n) is 3.48. The zero-order chi connectivity index (χ0) is 22.1. The third-order valence-electron chi connectivity index (χ3n) is 5.55. The van der Waals surface area contributed by atoms with Gasteiger partial charge in [-0.1, -0.05) is 0 Å². The van der Waals surface area contributed by atoms with Crippen LogP contribution in [-0.4, -0.2) is 70.9 Å². The van der Waals surface area contributed by atoms with Gasteiger partial charge in [-0.2, -0.15) is 4.31 Å². The topological polar surface area (TPSA) is 70.2 Å². The minimum atomic E-state index is -3.71. The van der Waals surface area contributed by atoms with Crippen LogP contribution in [0.2, 0.25) is 0 Å². The van der Waals surface area contributed by atoms with Gasteiger partial charge in [0.2, 0.25) is 10.0 Å². The van der Waals surface area contributed by atoms with Gasteiger partial charge in [-0.15, -0.1) is 0 Å². The molecule has 30 heavy (non-hydrogen) atoms. The van der Waals surface area contributed by atoms with Crippen LogP contribution in [0.1, 0.15) is 21.5 Å². The molecule has 1 saturated heterocycles. The summed E-state index contributed by atoms with van der Waals surface area (Å²) in [6.07, 6.45) is 0. The number of rotatable bonds is 5. The Balaban J connectivity index is 1.73. The van der Waals surface area contributed by atoms with Gasteiger partial charge in [0.1, 0.15) is 10.6 Å². The van der Waals surface area contributed by atoms with Crippen LogP contribution in [0.15, 0.2) is 41.3 Å². The first-order valence-corrected chi connectivity index (χ1v) is 11.3. The Kier molecular flexibility index (Phi) is 6.38. The standard InChI is InChI=1S/C22H29N3O4S/c1-16-14-20(29-5)21(15-17(16)2)30(27,28)25-12-10-24(11-13-25)22(26)18-6-8-19(9-7-18)23(3)4/h6-9,14-15H,10-13H2,1-5H3. The summed E-state index contributed by atoms with van der Waals surface area (Å²) in [6.45, 7) is 5.00. The molecule has 1 heterocycles. The monoisotopic (exact) mass is 431 g/mol. The molecule has 2 aromatic carbocycles. The van der Waals surface area contributed by atoms with Crippen molar-refractivity contribution in [3.05, 3.63) is 53.1 Å². The molecule has 3 rings (SSSR count). The maximum Gasteiger partial charge on any atom is 0.253 e. The lowest BCUT2D eigenvalue weighted by atomic mass is 10.1. The Hall–Kier alpha value is -2.58. The predicted octanol–water partition coefficient (Wildman–Crippen LogP) is 2.52. The number of carbonyl (C=O) groups is 1. The number of amides is 1. The van der Waals surface area contributed by atoms with Crippen LogP contribution < -0.4 is 9.64 Å². The zero-order valence-corrected chi connectivity index (χ0v) is 19.0. The summed E-state index contributed by atoms with van der Waals surface area (Å²) in [4.78, 5) is 16.7. The first kappa shape index (κ1) is 22.1. The maximum atomic E-state index is 13.2. The molecule has 1 aliphatic heterocycles. The van der Waals surface area contributed by atoms with E-state index in [2.05, 4.69) is 0 Å². The zero-order valence-electron chi connectivity index (χ0n) is 18.2. The maximum absolute atomic E-state index is 13.2. The van der Waals surface area contributed by atoms with Crippen molar-refractivity contribution in [2.45, 2.75) is 18.7 Å². The van der Waals surface area contributed by atoms with E-state index >= 15 is 0 Å². The molecule has 0 aliphatic carbocycles. The summed E-state index contributed by atoms with van der Waals surface area (Å²) in [5.74, 6) is 0.263. The van der Waals surface area contributed by atoms with Crippen LogP contribution in [0.4, 0.5) is 5.69 Å². The Bertz CT molecular complexity index is 1030. The number of hydrogen-bond donors (Lipinski definition) is 0. The Labute approximate surface area is 178 Å². The highest BCUT2D eigenvalue weighted by molar-refractivity contribution is 7.89. The van der Waals surface area contributed by atoms with Gasteiger partial charge in [-0.3, -0.25) is 4.79 Å². The van der Waals surface area contributed by atoms with Crippen molar-refractivity contribution in [3.8, 4) is 5.75 Å². The molecule has 1 amide bonds. The molecule has 0 atom stereocenters. The second-order valence-corrected chi connectivity index (χ2v) is 9.63. The second kappa shape index (κ2) is 8.65. The van der Waals surface area contributed by atoms with Crippen molar-refractivity contribution in [2.75, 3.05) is 52.3 Å². The smallest absolute Gasteiger partial charge is 0.253 e. The SMILES string of the molecule is COc1cc(C)c(C)cc1S(=O)(=O)N1CCN(C(=O)c2ccc(N(C)C)cc2)CC1. The molecule has 162 valence electrons. The number of carbonyl (C=O) groups excluding carboxylic acids is 1. The highest BCUT2D eigenvalue weighted by atomic mass is 32.2. The van der Waals surface area contributed by atoms with Gasteiger partial charge in [0, 0.05) is 51.5 Å². The van der Waals surface area contributed by atoms with Crippen LogP contribution in [0.5, 0.6) is 5.75 Å². The predicted molar refractivity (Wildman–Crippen MR) is 118 cm³/mol. The van der Waals surface area contributed by atoms with Crippen molar-refractivity contribution < 1.29 is 17.9 Å². The van der Waals surface area contributed by atoms with Gasteiger partial charge in [0.05, 0.1) is 7.11 Å². The molecule has 0 spiro atoms. The molecule has 0 N–H and O–H groups in total. The Morgan fingerprint density at radius 3 is 2.07 bits per heavy atom. The van der Waals surface area contributed by atoms with Crippen molar-refractivity contribution >= 4 is 21.6 Å². The van der Waals surface area contributed by atoms with Crippen molar-refractivity contribution in [3.63, 3.8) is 0 Å². The van der Waals surface area contributed by atoms with E-state index in [4.69, 9.17) is 4.74 Å². The van der Waals surface area contributed by atoms with E-state index in [0.717, 1.165) is 16.8 Å². The fraction of sp³-hybridized carbons (Fsp3) is 0.409. The molecular formula is C22H29N3O4S. The number of sulfonamides is 1. The quantitative estimate of drug-likeness (QED) is 0.728. The van der Waals surface area contributed by atoms with Crippen molar-refractivity contribution in [1.29, 1.82) is 0 Å². The summed E-state index contributed by atoms with van der Waals surface area (Å²) in [5.41, 5.74) is 3.49. The highest BCUT2D eigenvalue weighted by Crippen LogP contribution is 2.30. The minimum absolute atomic E-state index is 0.0823. The Morgan fingerprint density at radius 1 is 0.967 bits per heavy atom. The number of ether oxygens (including phenoxy) is 1. The molecule has 8 heteroatoms. The van der Waals surface area contributed by atoms with E-state index in [-0.39, 0.29) is 23.9 Å². The molecule has 0 bridgehead atoms. The molecule has 0 saturated carbocycles. The van der Waals surface area contributed by atoms with E-state index in [1.807, 2.05) is 45.0 Å². The van der Waals surface area contributed by atoms with Crippen LogP contribution in [0.25, 0.3) is 0 Å². The molecule has 0 radical (unpaired) electrons. The van der Waals surface area contributed by atoms with Crippen LogP contribution in [0.3, 0.4) is 0 Å². The molecule has 1 fully saturated rings. The van der Waals surface area contributed by atoms with Crippen molar-refractivity contribution in [2.24, 2.45) is 0 Å². The average molecular weight is 432 g/mol. The van der Waals surface area contributed by atoms with E-state index in [9.17, 15) is 13.2 Å². The minimum Gasteiger partial charge on any atom is -0.495 e. The van der Waals surface area contributed by atoms with Crippen LogP contribution in [-0.2, 0) is 10.0 Å². The lowest BCUT2D eigenvalue weighted by Gasteiger charge is -2.34. The summed E-state index contributed by atoms with van der Waals surface area (Å²) >= 11 is 0. The van der Waals surface area contributed by atoms with Gasteiger partial charge in [-0.05, 0) is 61.4 Å². The number of piperazine rings is 1. The lowest BCUT2D eigenvalue weighted by molar-refractivity contribution is 0.0698. The summed E-state index contributed by atoms with van der Waals surface area (Å²) in [6, 6.07) is 10.8. The van der Waals surface area contributed by atoms with E-state index in [1.54, 1.807) is 29.2 Å². The molecule has 2 aromatic rings. The first-order chi connectivity index (χ1) is 14.1.